The number of hydrogen-bond acceptors (Lipinski definition) is 3. The van der Waals surface area contributed by atoms with E-state index in [0.717, 1.165) is 24.1 Å². The van der Waals surface area contributed by atoms with Gasteiger partial charge in [-0.05, 0) is 43.7 Å². The van der Waals surface area contributed by atoms with Gasteiger partial charge in [0.15, 0.2) is 0 Å². The number of thioether (sulfide) groups is 1. The molecule has 0 aliphatic heterocycles. The number of hydrogen-bond donors (Lipinski definition) is 1. The second-order valence-corrected chi connectivity index (χ2v) is 8.75. The second-order valence-electron chi connectivity index (χ2n) is 5.85. The molecule has 0 unspecified atom stereocenters. The van der Waals surface area contributed by atoms with E-state index in [9.17, 15) is 9.00 Å². The molecule has 0 radical (unpaired) electrons. The molecule has 122 valence electrons. The summed E-state index contributed by atoms with van der Waals surface area (Å²) in [4.78, 5) is 11.9. The first-order valence-corrected chi connectivity index (χ1v) is 10.6. The highest BCUT2D eigenvalue weighted by molar-refractivity contribution is 7.99. The normalized spacial score (nSPS) is 18.6. The molecule has 1 aliphatic carbocycles. The van der Waals surface area contributed by atoms with E-state index in [1.165, 1.54) is 31.0 Å². The van der Waals surface area contributed by atoms with Crippen molar-refractivity contribution >= 4 is 34.2 Å². The molecular formula is C17H25NO2S2. The van der Waals surface area contributed by atoms with Crippen LogP contribution in [0.4, 0.5) is 5.69 Å². The molecule has 3 nitrogen and oxygen atoms in total. The number of benzene rings is 1. The zero-order valence-corrected chi connectivity index (χ0v) is 15.0. The summed E-state index contributed by atoms with van der Waals surface area (Å²) in [7, 11) is -0.806. The van der Waals surface area contributed by atoms with Crippen molar-refractivity contribution in [3.8, 4) is 0 Å². The Kier molecular flexibility index (Phi) is 6.96. The molecule has 1 saturated carbocycles. The van der Waals surface area contributed by atoms with Gasteiger partial charge >= 0.3 is 0 Å². The molecule has 1 aromatic rings. The van der Waals surface area contributed by atoms with E-state index in [-0.39, 0.29) is 11.2 Å². The van der Waals surface area contributed by atoms with E-state index in [4.69, 9.17) is 0 Å². The molecule has 1 N–H and O–H groups in total. The van der Waals surface area contributed by atoms with Gasteiger partial charge in [-0.2, -0.15) is 11.8 Å². The van der Waals surface area contributed by atoms with Gasteiger partial charge in [0.2, 0.25) is 5.91 Å². The summed E-state index contributed by atoms with van der Waals surface area (Å²) in [5.41, 5.74) is 1.84. The van der Waals surface area contributed by atoms with Crippen LogP contribution >= 0.6 is 11.8 Å². The van der Waals surface area contributed by atoms with Crippen LogP contribution in [0.2, 0.25) is 0 Å². The summed E-state index contributed by atoms with van der Waals surface area (Å²) in [5, 5.41) is 3.21. The van der Waals surface area contributed by atoms with Crippen LogP contribution in [0.15, 0.2) is 24.3 Å². The summed E-state index contributed by atoms with van der Waals surface area (Å²) in [6.07, 6.45) is 7.80. The Hall–Kier alpha value is -0.810. The van der Waals surface area contributed by atoms with Crippen LogP contribution in [0.25, 0.3) is 0 Å². The molecular weight excluding hydrogens is 314 g/mol. The maximum absolute atomic E-state index is 12.5. The largest absolute Gasteiger partial charge is 0.325 e. The minimum absolute atomic E-state index is 0.0121. The lowest BCUT2D eigenvalue weighted by molar-refractivity contribution is -0.115. The summed E-state index contributed by atoms with van der Waals surface area (Å²) in [6, 6.07) is 7.75. The topological polar surface area (TPSA) is 46.2 Å². The smallest absolute Gasteiger partial charge is 0.237 e. The predicted molar refractivity (Wildman–Crippen MR) is 96.8 cm³/mol. The highest BCUT2D eigenvalue weighted by Gasteiger charge is 2.20. The molecule has 2 rings (SSSR count). The van der Waals surface area contributed by atoms with Crippen molar-refractivity contribution in [1.29, 1.82) is 0 Å². The molecule has 22 heavy (non-hydrogen) atoms. The fourth-order valence-electron chi connectivity index (χ4n) is 2.70. The summed E-state index contributed by atoms with van der Waals surface area (Å²) >= 11 is 1.53. The molecule has 0 heterocycles. The number of nitrogens with one attached hydrogen (secondary N) is 1. The molecule has 1 fully saturated rings. The van der Waals surface area contributed by atoms with Crippen LogP contribution in [0, 0.1) is 0 Å². The zero-order chi connectivity index (χ0) is 15.9. The number of carbonyl (C=O) groups is 1. The Labute approximate surface area is 140 Å². The lowest BCUT2D eigenvalue weighted by Crippen LogP contribution is -2.22. The van der Waals surface area contributed by atoms with Crippen LogP contribution < -0.4 is 5.32 Å². The lowest BCUT2D eigenvalue weighted by Gasteiger charge is -2.21. The third kappa shape index (κ3) is 5.13. The van der Waals surface area contributed by atoms with E-state index in [1.54, 1.807) is 0 Å². The van der Waals surface area contributed by atoms with Gasteiger partial charge < -0.3 is 5.32 Å². The van der Waals surface area contributed by atoms with Crippen LogP contribution in [0.1, 0.15) is 44.6 Å². The van der Waals surface area contributed by atoms with Crippen molar-refractivity contribution in [3.63, 3.8) is 0 Å². The van der Waals surface area contributed by atoms with E-state index in [1.807, 2.05) is 37.4 Å². The third-order valence-electron chi connectivity index (χ3n) is 4.15. The van der Waals surface area contributed by atoms with Gasteiger partial charge in [-0.3, -0.25) is 9.00 Å². The maximum Gasteiger partial charge on any atom is 0.237 e. The average Bonchev–Trinajstić information content (AvgIpc) is 2.55. The summed E-state index contributed by atoms with van der Waals surface area (Å²) < 4.78 is 12.5. The number of carbonyl (C=O) groups excluding carboxylic acids is 1. The molecule has 1 aliphatic rings. The quantitative estimate of drug-likeness (QED) is 0.853. The Morgan fingerprint density at radius 1 is 1.36 bits per heavy atom. The molecule has 0 aromatic heterocycles. The van der Waals surface area contributed by atoms with Crippen LogP contribution in [0.3, 0.4) is 0 Å². The van der Waals surface area contributed by atoms with Gasteiger partial charge in [-0.25, -0.2) is 0 Å². The van der Waals surface area contributed by atoms with Crippen molar-refractivity contribution in [2.45, 2.75) is 55.3 Å². The first-order chi connectivity index (χ1) is 10.6. The molecule has 1 amide bonds. The first-order valence-electron chi connectivity index (χ1n) is 7.90. The van der Waals surface area contributed by atoms with E-state index in [0.29, 0.717) is 11.0 Å². The van der Waals surface area contributed by atoms with Gasteiger partial charge in [0.25, 0.3) is 0 Å². The number of rotatable bonds is 6. The van der Waals surface area contributed by atoms with Crippen LogP contribution in [0.5, 0.6) is 0 Å². The van der Waals surface area contributed by atoms with E-state index in [2.05, 4.69) is 5.32 Å². The number of anilines is 1. The highest BCUT2D eigenvalue weighted by Crippen LogP contribution is 2.24. The lowest BCUT2D eigenvalue weighted by atomic mass is 10.0. The van der Waals surface area contributed by atoms with Crippen molar-refractivity contribution < 1.29 is 9.00 Å². The minimum Gasteiger partial charge on any atom is -0.325 e. The summed E-state index contributed by atoms with van der Waals surface area (Å²) in [6.45, 7) is 1.89. The molecule has 2 atom stereocenters. The van der Waals surface area contributed by atoms with Gasteiger partial charge in [0, 0.05) is 27.5 Å². The fourth-order valence-corrected chi connectivity index (χ4v) is 4.58. The molecule has 0 bridgehead atoms. The van der Waals surface area contributed by atoms with E-state index < -0.39 is 10.8 Å². The standard InChI is InChI=1S/C17H25NO2S2/c1-13(21-2)17(19)18-15-8-6-7-14(11-15)12-22(20)16-9-4-3-5-10-16/h6-8,11,13,16H,3-5,9-10,12H2,1-2H3,(H,18,19)/t13-,22-/m0/s1. The van der Waals surface area contributed by atoms with Gasteiger partial charge in [0.05, 0.1) is 5.25 Å². The van der Waals surface area contributed by atoms with Gasteiger partial charge in [-0.15, -0.1) is 0 Å². The maximum atomic E-state index is 12.5. The third-order valence-corrected chi connectivity index (χ3v) is 6.90. The Balaban J connectivity index is 1.96. The zero-order valence-electron chi connectivity index (χ0n) is 13.3. The monoisotopic (exact) mass is 339 g/mol. The second kappa shape index (κ2) is 8.73. The fraction of sp³-hybridized carbons (Fsp3) is 0.588. The van der Waals surface area contributed by atoms with Gasteiger partial charge in [-0.1, -0.05) is 31.4 Å². The van der Waals surface area contributed by atoms with Crippen molar-refractivity contribution in [3.05, 3.63) is 29.8 Å². The summed E-state index contributed by atoms with van der Waals surface area (Å²) in [5.74, 6) is 0.602. The Morgan fingerprint density at radius 3 is 2.77 bits per heavy atom. The average molecular weight is 340 g/mol. The molecule has 5 heteroatoms. The molecule has 0 saturated heterocycles. The highest BCUT2D eigenvalue weighted by atomic mass is 32.2. The number of amides is 1. The minimum atomic E-state index is -0.806. The Morgan fingerprint density at radius 2 is 2.09 bits per heavy atom. The van der Waals surface area contributed by atoms with Gasteiger partial charge in [0.1, 0.15) is 0 Å². The molecule has 0 spiro atoms. The Bertz CT molecular complexity index is 527. The van der Waals surface area contributed by atoms with Crippen LogP contribution in [-0.2, 0) is 21.3 Å². The SMILES string of the molecule is CS[C@@H](C)C(=O)Nc1cccc(C[S@](=O)C2CCCCC2)c1. The van der Waals surface area contributed by atoms with Crippen molar-refractivity contribution in [2.75, 3.05) is 11.6 Å². The van der Waals surface area contributed by atoms with Crippen molar-refractivity contribution in [2.24, 2.45) is 0 Å². The van der Waals surface area contributed by atoms with Crippen molar-refractivity contribution in [1.82, 2.24) is 0 Å². The van der Waals surface area contributed by atoms with E-state index >= 15 is 0 Å². The van der Waals surface area contributed by atoms with Crippen LogP contribution in [-0.4, -0.2) is 26.9 Å². The molecule has 1 aromatic carbocycles. The predicted octanol–water partition coefficient (Wildman–Crippen LogP) is 3.96. The first kappa shape index (κ1) is 17.5.